The second kappa shape index (κ2) is 6.53. The first-order chi connectivity index (χ1) is 6.95. The van der Waals surface area contributed by atoms with E-state index in [4.69, 9.17) is 4.18 Å². The van der Waals surface area contributed by atoms with Crippen LogP contribution in [-0.2, 0) is 35.4 Å². The van der Waals surface area contributed by atoms with Crippen molar-refractivity contribution < 1.29 is 33.7 Å². The monoisotopic (exact) mass is 411 g/mol. The molecule has 1 aromatic rings. The average Bonchev–Trinajstić information content (AvgIpc) is 2.17. The first-order valence-electron chi connectivity index (χ1n) is 4.75. The van der Waals surface area contributed by atoms with Crippen molar-refractivity contribution in [3.05, 3.63) is 36.8 Å². The molecule has 0 bridgehead atoms. The molecule has 1 atom stereocenters. The molecule has 90 valence electrons. The summed E-state index contributed by atoms with van der Waals surface area (Å²) < 4.78 is 28.2. The molecule has 0 heterocycles. The zero-order chi connectivity index (χ0) is 11.5. The molecular formula is C11H15O3SW-. The van der Waals surface area contributed by atoms with Gasteiger partial charge in [-0.2, -0.15) is 14.8 Å². The van der Waals surface area contributed by atoms with Crippen LogP contribution in [0, 0.1) is 13.8 Å². The van der Waals surface area contributed by atoms with Gasteiger partial charge in [-0.15, -0.1) is 0 Å². The fourth-order valence-corrected chi connectivity index (χ4v) is 2.13. The molecule has 0 saturated heterocycles. The third kappa shape index (κ3) is 4.36. The summed E-state index contributed by atoms with van der Waals surface area (Å²) in [7, 11) is -3.63. The molecule has 0 amide bonds. The largest absolute Gasteiger partial charge is 0.341 e. The molecule has 0 N–H and O–H groups in total. The van der Waals surface area contributed by atoms with E-state index in [0.29, 0.717) is 6.42 Å². The molecule has 5 heteroatoms. The Morgan fingerprint density at radius 1 is 1.31 bits per heavy atom. The summed E-state index contributed by atoms with van der Waals surface area (Å²) in [6, 6.07) is 6.57. The molecule has 0 aromatic heterocycles. The van der Waals surface area contributed by atoms with Crippen LogP contribution >= 0.6 is 0 Å². The van der Waals surface area contributed by atoms with Crippen LogP contribution in [0.25, 0.3) is 0 Å². The van der Waals surface area contributed by atoms with Gasteiger partial charge in [-0.05, 0) is 26.0 Å². The van der Waals surface area contributed by atoms with Crippen molar-refractivity contribution >= 4 is 10.1 Å². The van der Waals surface area contributed by atoms with Crippen molar-refractivity contribution in [2.45, 2.75) is 31.3 Å². The number of rotatable bonds is 4. The average molecular weight is 411 g/mol. The maximum atomic E-state index is 11.7. The summed E-state index contributed by atoms with van der Waals surface area (Å²) in [5, 5.41) is 0. The SMILES string of the molecule is [CH2-]CC(C)OS(=O)(=O)c1ccc(C)cc1.[W]. The molecular weight excluding hydrogens is 396 g/mol. The van der Waals surface area contributed by atoms with Crippen molar-refractivity contribution in [3.63, 3.8) is 0 Å². The first-order valence-corrected chi connectivity index (χ1v) is 6.16. The van der Waals surface area contributed by atoms with Crippen LogP contribution in [0.15, 0.2) is 29.2 Å². The van der Waals surface area contributed by atoms with Crippen LogP contribution in [-0.4, -0.2) is 14.5 Å². The normalized spacial score (nSPS) is 12.9. The van der Waals surface area contributed by atoms with Crippen LogP contribution < -0.4 is 0 Å². The smallest absolute Gasteiger partial charge is 0.297 e. The van der Waals surface area contributed by atoms with Gasteiger partial charge in [0.2, 0.25) is 0 Å². The van der Waals surface area contributed by atoms with Gasteiger partial charge in [-0.25, -0.2) is 0 Å². The summed E-state index contributed by atoms with van der Waals surface area (Å²) in [5.41, 5.74) is 1.01. The molecule has 1 unspecified atom stereocenters. The number of benzene rings is 1. The van der Waals surface area contributed by atoms with E-state index in [1.165, 1.54) is 0 Å². The van der Waals surface area contributed by atoms with E-state index in [2.05, 4.69) is 6.92 Å². The molecule has 16 heavy (non-hydrogen) atoms. The van der Waals surface area contributed by atoms with Crippen LogP contribution in [0.2, 0.25) is 0 Å². The van der Waals surface area contributed by atoms with Gasteiger partial charge in [0.15, 0.2) is 0 Å². The van der Waals surface area contributed by atoms with Gasteiger partial charge in [0.05, 0.1) is 4.90 Å². The van der Waals surface area contributed by atoms with E-state index < -0.39 is 16.2 Å². The van der Waals surface area contributed by atoms with Crippen LogP contribution in [0.4, 0.5) is 0 Å². The Morgan fingerprint density at radius 2 is 1.81 bits per heavy atom. The third-order valence-electron chi connectivity index (χ3n) is 2.01. The molecule has 0 spiro atoms. The van der Waals surface area contributed by atoms with E-state index in [1.54, 1.807) is 31.2 Å². The quantitative estimate of drug-likeness (QED) is 0.565. The summed E-state index contributed by atoms with van der Waals surface area (Å²) in [5.74, 6) is 0. The van der Waals surface area contributed by atoms with E-state index in [1.807, 2.05) is 6.92 Å². The van der Waals surface area contributed by atoms with E-state index >= 15 is 0 Å². The molecule has 0 fully saturated rings. The van der Waals surface area contributed by atoms with Crippen molar-refractivity contribution in [1.29, 1.82) is 0 Å². The van der Waals surface area contributed by atoms with Crippen LogP contribution in [0.3, 0.4) is 0 Å². The Morgan fingerprint density at radius 3 is 2.25 bits per heavy atom. The summed E-state index contributed by atoms with van der Waals surface area (Å²) >= 11 is 0. The third-order valence-corrected chi connectivity index (χ3v) is 3.44. The minimum absolute atomic E-state index is 0. The zero-order valence-corrected chi connectivity index (χ0v) is 13.1. The molecule has 0 radical (unpaired) electrons. The number of hydrogen-bond acceptors (Lipinski definition) is 3. The molecule has 3 nitrogen and oxygen atoms in total. The molecule has 0 aliphatic carbocycles. The Kier molecular flexibility index (Phi) is 6.45. The first kappa shape index (κ1) is 15.8. The summed E-state index contributed by atoms with van der Waals surface area (Å²) in [4.78, 5) is 0.188. The molecule has 0 saturated carbocycles. The van der Waals surface area contributed by atoms with E-state index in [-0.39, 0.29) is 26.0 Å². The Bertz CT molecular complexity index is 411. The summed E-state index contributed by atoms with van der Waals surface area (Å²) in [6.07, 6.45) is 0.0294. The van der Waals surface area contributed by atoms with Crippen LogP contribution in [0.1, 0.15) is 18.9 Å². The number of hydrogen-bond donors (Lipinski definition) is 0. The van der Waals surface area contributed by atoms with Crippen LogP contribution in [0.5, 0.6) is 0 Å². The second-order valence-electron chi connectivity index (χ2n) is 3.46. The fraction of sp³-hybridized carbons (Fsp3) is 0.364. The Balaban J connectivity index is 0.00000225. The van der Waals surface area contributed by atoms with E-state index in [0.717, 1.165) is 5.56 Å². The van der Waals surface area contributed by atoms with Crippen molar-refractivity contribution in [1.82, 2.24) is 0 Å². The summed E-state index contributed by atoms with van der Waals surface area (Å²) in [6.45, 7) is 7.17. The minimum Gasteiger partial charge on any atom is -0.341 e. The number of aryl methyl sites for hydroxylation is 1. The predicted octanol–water partition coefficient (Wildman–Crippen LogP) is 2.31. The van der Waals surface area contributed by atoms with Crippen molar-refractivity contribution in [3.8, 4) is 0 Å². The van der Waals surface area contributed by atoms with Gasteiger partial charge >= 0.3 is 0 Å². The van der Waals surface area contributed by atoms with Gasteiger partial charge in [0, 0.05) is 27.2 Å². The predicted molar refractivity (Wildman–Crippen MR) is 58.9 cm³/mol. The molecule has 1 rings (SSSR count). The van der Waals surface area contributed by atoms with Crippen molar-refractivity contribution in [2.75, 3.05) is 0 Å². The van der Waals surface area contributed by atoms with Gasteiger partial charge in [0.1, 0.15) is 0 Å². The van der Waals surface area contributed by atoms with E-state index in [9.17, 15) is 8.42 Å². The van der Waals surface area contributed by atoms with Gasteiger partial charge in [-0.3, -0.25) is 4.18 Å². The van der Waals surface area contributed by atoms with Gasteiger partial charge < -0.3 is 6.92 Å². The fourth-order valence-electron chi connectivity index (χ4n) is 1.02. The second-order valence-corrected chi connectivity index (χ2v) is 5.03. The molecule has 0 aliphatic heterocycles. The maximum absolute atomic E-state index is 11.7. The van der Waals surface area contributed by atoms with Gasteiger partial charge in [-0.1, -0.05) is 17.7 Å². The topological polar surface area (TPSA) is 43.4 Å². The zero-order valence-electron chi connectivity index (χ0n) is 9.34. The van der Waals surface area contributed by atoms with Crippen molar-refractivity contribution in [2.24, 2.45) is 0 Å². The standard InChI is InChI=1S/C11H15O3S.W/c1-4-10(3)14-15(12,13)11-7-5-9(2)6-8-11;/h5-8,10H,1,4H2,2-3H3;/q-1;. The van der Waals surface area contributed by atoms with Gasteiger partial charge in [0.25, 0.3) is 10.1 Å². The Hall–Kier alpha value is -0.182. The minimum atomic E-state index is -3.63. The maximum Gasteiger partial charge on any atom is 0.297 e. The Labute approximate surface area is 112 Å². The molecule has 0 aliphatic rings. The molecule has 1 aromatic carbocycles.